The molecule has 0 aliphatic heterocycles. The van der Waals surface area contributed by atoms with Gasteiger partial charge in [0.15, 0.2) is 11.5 Å². The SMILES string of the molecule is COc1cc(CNC(=O)c2cc3c(C)nn(C)c3s2)ccc1OCc1ccncc1. The number of nitrogens with one attached hydrogen (secondary N) is 1. The molecule has 0 fully saturated rings. The van der Waals surface area contributed by atoms with Crippen molar-refractivity contribution in [3.63, 3.8) is 0 Å². The number of carbonyl (C=O) groups is 1. The van der Waals surface area contributed by atoms with Crippen molar-refractivity contribution in [1.82, 2.24) is 20.1 Å². The summed E-state index contributed by atoms with van der Waals surface area (Å²) in [5.74, 6) is 1.17. The molecule has 3 heterocycles. The van der Waals surface area contributed by atoms with Gasteiger partial charge in [-0.3, -0.25) is 14.5 Å². The van der Waals surface area contributed by atoms with Gasteiger partial charge in [-0.15, -0.1) is 11.3 Å². The van der Waals surface area contributed by atoms with Gasteiger partial charge in [0.05, 0.1) is 17.7 Å². The van der Waals surface area contributed by atoms with E-state index in [1.54, 1.807) is 19.5 Å². The molecule has 1 amide bonds. The van der Waals surface area contributed by atoms with Crippen LogP contribution in [0.15, 0.2) is 48.8 Å². The first-order valence-corrected chi connectivity index (χ1v) is 10.3. The van der Waals surface area contributed by atoms with Gasteiger partial charge in [0.2, 0.25) is 0 Å². The zero-order valence-corrected chi connectivity index (χ0v) is 17.8. The van der Waals surface area contributed by atoms with Crippen molar-refractivity contribution in [3.8, 4) is 11.5 Å². The fraction of sp³-hybridized carbons (Fsp3) is 0.227. The first kappa shape index (κ1) is 19.9. The summed E-state index contributed by atoms with van der Waals surface area (Å²) in [6, 6.07) is 11.4. The zero-order valence-electron chi connectivity index (χ0n) is 17.0. The van der Waals surface area contributed by atoms with Gasteiger partial charge in [-0.05, 0) is 48.4 Å². The fourth-order valence-electron chi connectivity index (χ4n) is 3.17. The molecule has 0 aliphatic carbocycles. The molecule has 1 N–H and O–H groups in total. The van der Waals surface area contributed by atoms with Crippen LogP contribution in [-0.4, -0.2) is 27.8 Å². The molecule has 4 rings (SSSR count). The molecule has 0 aliphatic rings. The van der Waals surface area contributed by atoms with Crippen LogP contribution in [0.5, 0.6) is 11.5 Å². The van der Waals surface area contributed by atoms with Crippen LogP contribution < -0.4 is 14.8 Å². The Balaban J connectivity index is 1.41. The molecule has 3 aromatic heterocycles. The highest BCUT2D eigenvalue weighted by atomic mass is 32.1. The van der Waals surface area contributed by atoms with Crippen molar-refractivity contribution in [2.45, 2.75) is 20.1 Å². The molecule has 0 unspecified atom stereocenters. The number of thiophene rings is 1. The average molecular weight is 423 g/mol. The molecule has 0 atom stereocenters. The van der Waals surface area contributed by atoms with Gasteiger partial charge >= 0.3 is 0 Å². The zero-order chi connectivity index (χ0) is 21.1. The topological polar surface area (TPSA) is 78.3 Å². The largest absolute Gasteiger partial charge is 0.493 e. The third-order valence-electron chi connectivity index (χ3n) is 4.74. The Morgan fingerprint density at radius 2 is 1.93 bits per heavy atom. The van der Waals surface area contributed by atoms with Gasteiger partial charge in [-0.25, -0.2) is 0 Å². The maximum atomic E-state index is 12.6. The van der Waals surface area contributed by atoms with Crippen molar-refractivity contribution in [1.29, 1.82) is 0 Å². The second-order valence-corrected chi connectivity index (χ2v) is 7.88. The lowest BCUT2D eigenvalue weighted by Crippen LogP contribution is -2.21. The normalized spacial score (nSPS) is 10.9. The van der Waals surface area contributed by atoms with E-state index in [9.17, 15) is 4.79 Å². The molecule has 7 nitrogen and oxygen atoms in total. The first-order chi connectivity index (χ1) is 14.5. The van der Waals surface area contributed by atoms with Crippen LogP contribution in [0.4, 0.5) is 0 Å². The average Bonchev–Trinajstić information content (AvgIpc) is 3.32. The molecule has 0 spiro atoms. The van der Waals surface area contributed by atoms with Gasteiger partial charge in [0.25, 0.3) is 5.91 Å². The van der Waals surface area contributed by atoms with E-state index in [1.165, 1.54) is 11.3 Å². The van der Waals surface area contributed by atoms with Crippen molar-refractivity contribution >= 4 is 27.5 Å². The van der Waals surface area contributed by atoms with Crippen molar-refractivity contribution < 1.29 is 14.3 Å². The smallest absolute Gasteiger partial charge is 0.261 e. The number of benzene rings is 1. The molecule has 30 heavy (non-hydrogen) atoms. The van der Waals surface area contributed by atoms with E-state index < -0.39 is 0 Å². The second kappa shape index (κ2) is 8.54. The Kier molecular flexibility index (Phi) is 5.67. The van der Waals surface area contributed by atoms with Gasteiger partial charge in [-0.2, -0.15) is 5.10 Å². The summed E-state index contributed by atoms with van der Waals surface area (Å²) in [6.07, 6.45) is 3.46. The molecule has 0 saturated heterocycles. The number of methoxy groups -OCH3 is 1. The minimum Gasteiger partial charge on any atom is -0.493 e. The van der Waals surface area contributed by atoms with E-state index in [0.29, 0.717) is 29.5 Å². The molecule has 1 aromatic carbocycles. The highest BCUT2D eigenvalue weighted by Crippen LogP contribution is 2.30. The Bertz CT molecular complexity index is 1150. The number of ether oxygens (including phenoxy) is 2. The number of pyridine rings is 1. The number of fused-ring (bicyclic) bond motifs is 1. The van der Waals surface area contributed by atoms with Gasteiger partial charge < -0.3 is 14.8 Å². The molecular weight excluding hydrogens is 400 g/mol. The summed E-state index contributed by atoms with van der Waals surface area (Å²) in [5.41, 5.74) is 2.88. The molecule has 0 bridgehead atoms. The number of aryl methyl sites for hydroxylation is 2. The predicted molar refractivity (Wildman–Crippen MR) is 116 cm³/mol. The monoisotopic (exact) mass is 422 g/mol. The van der Waals surface area contributed by atoms with E-state index in [0.717, 1.165) is 27.0 Å². The van der Waals surface area contributed by atoms with Crippen LogP contribution in [0.3, 0.4) is 0 Å². The molecule has 0 saturated carbocycles. The second-order valence-electron chi connectivity index (χ2n) is 6.85. The van der Waals surface area contributed by atoms with Gasteiger partial charge in [-0.1, -0.05) is 6.07 Å². The summed E-state index contributed by atoms with van der Waals surface area (Å²) in [7, 11) is 3.49. The molecule has 8 heteroatoms. The van der Waals surface area contributed by atoms with Crippen LogP contribution in [0.1, 0.15) is 26.5 Å². The number of hydrogen-bond donors (Lipinski definition) is 1. The lowest BCUT2D eigenvalue weighted by Gasteiger charge is -2.12. The molecular formula is C22H22N4O3S. The maximum Gasteiger partial charge on any atom is 0.261 e. The Hall–Kier alpha value is -3.39. The minimum atomic E-state index is -0.104. The minimum absolute atomic E-state index is 0.104. The molecule has 0 radical (unpaired) electrons. The summed E-state index contributed by atoms with van der Waals surface area (Å²) in [4.78, 5) is 18.3. The first-order valence-electron chi connectivity index (χ1n) is 9.45. The lowest BCUT2D eigenvalue weighted by atomic mass is 10.2. The summed E-state index contributed by atoms with van der Waals surface area (Å²) in [5, 5.41) is 8.36. The van der Waals surface area contributed by atoms with Crippen molar-refractivity contribution in [2.24, 2.45) is 7.05 Å². The predicted octanol–water partition coefficient (Wildman–Crippen LogP) is 3.86. The quantitative estimate of drug-likeness (QED) is 0.489. The maximum absolute atomic E-state index is 12.6. The number of aromatic nitrogens is 3. The highest BCUT2D eigenvalue weighted by Gasteiger charge is 2.15. The third-order valence-corrected chi connectivity index (χ3v) is 5.95. The number of nitrogens with zero attached hydrogens (tertiary/aromatic N) is 3. The fourth-order valence-corrected chi connectivity index (χ4v) is 4.21. The summed E-state index contributed by atoms with van der Waals surface area (Å²) < 4.78 is 13.1. The summed E-state index contributed by atoms with van der Waals surface area (Å²) >= 11 is 1.44. The number of rotatable bonds is 7. The van der Waals surface area contributed by atoms with Gasteiger partial charge in [0.1, 0.15) is 11.4 Å². The highest BCUT2D eigenvalue weighted by molar-refractivity contribution is 7.20. The molecule has 154 valence electrons. The van der Waals surface area contributed by atoms with E-state index in [-0.39, 0.29) is 5.91 Å². The van der Waals surface area contributed by atoms with Crippen LogP contribution in [-0.2, 0) is 20.2 Å². The Labute approximate surface area is 178 Å². The number of amides is 1. The Morgan fingerprint density at radius 3 is 2.67 bits per heavy atom. The molecule has 4 aromatic rings. The third kappa shape index (κ3) is 4.13. The van der Waals surface area contributed by atoms with E-state index in [4.69, 9.17) is 9.47 Å². The van der Waals surface area contributed by atoms with E-state index in [2.05, 4.69) is 15.4 Å². The standard InChI is InChI=1S/C22H22N4O3S/c1-14-17-11-20(30-22(17)26(2)25-14)21(27)24-12-16-4-5-18(19(10-16)28-3)29-13-15-6-8-23-9-7-15/h4-11H,12-13H2,1-3H3,(H,24,27). The number of carbonyl (C=O) groups excluding carboxylic acids is 1. The van der Waals surface area contributed by atoms with E-state index in [1.807, 2.05) is 55.1 Å². The van der Waals surface area contributed by atoms with Gasteiger partial charge in [0, 0.05) is 31.4 Å². The van der Waals surface area contributed by atoms with Crippen molar-refractivity contribution in [3.05, 3.63) is 70.5 Å². The van der Waals surface area contributed by atoms with Crippen LogP contribution in [0.2, 0.25) is 0 Å². The van der Waals surface area contributed by atoms with Crippen LogP contribution in [0.25, 0.3) is 10.2 Å². The van der Waals surface area contributed by atoms with Crippen molar-refractivity contribution in [2.75, 3.05) is 7.11 Å². The summed E-state index contributed by atoms with van der Waals surface area (Å²) in [6.45, 7) is 2.77. The van der Waals surface area contributed by atoms with E-state index >= 15 is 0 Å². The lowest BCUT2D eigenvalue weighted by molar-refractivity contribution is 0.0955. The van der Waals surface area contributed by atoms with Crippen LogP contribution >= 0.6 is 11.3 Å². The number of hydrogen-bond acceptors (Lipinski definition) is 6. The Morgan fingerprint density at radius 1 is 1.13 bits per heavy atom. The van der Waals surface area contributed by atoms with Crippen LogP contribution in [0, 0.1) is 6.92 Å².